The van der Waals surface area contributed by atoms with E-state index in [2.05, 4.69) is 20.3 Å². The van der Waals surface area contributed by atoms with E-state index in [4.69, 9.17) is 26.7 Å². The minimum absolute atomic E-state index is 0.427. The first-order valence-electron chi connectivity index (χ1n) is 8.21. The third kappa shape index (κ3) is 3.67. The number of hydrogen-bond donors (Lipinski definition) is 1. The molecule has 10 heteroatoms. The normalized spacial score (nSPS) is 10.9. The van der Waals surface area contributed by atoms with Crippen LogP contribution in [0.15, 0.2) is 58.2 Å². The molecule has 0 aliphatic carbocycles. The molecule has 0 saturated heterocycles. The van der Waals surface area contributed by atoms with Crippen LogP contribution in [0.2, 0.25) is 5.02 Å². The van der Waals surface area contributed by atoms with Crippen molar-refractivity contribution >= 4 is 23.4 Å². The number of halogens is 1. The van der Waals surface area contributed by atoms with Gasteiger partial charge < -0.3 is 15.1 Å². The van der Waals surface area contributed by atoms with Crippen LogP contribution in [0.3, 0.4) is 0 Å². The molecule has 2 heterocycles. The van der Waals surface area contributed by atoms with Crippen LogP contribution in [0.1, 0.15) is 5.82 Å². The van der Waals surface area contributed by atoms with E-state index in [-0.39, 0.29) is 0 Å². The molecule has 0 spiro atoms. The van der Waals surface area contributed by atoms with Crippen molar-refractivity contribution in [3.8, 4) is 28.6 Å². The van der Waals surface area contributed by atoms with Gasteiger partial charge in [0.15, 0.2) is 11.6 Å². The second-order valence-corrected chi connectivity index (χ2v) is 7.07. The average Bonchev–Trinajstić information content (AvgIpc) is 3.34. The highest BCUT2D eigenvalue weighted by molar-refractivity contribution is 7.98. The maximum Gasteiger partial charge on any atom is 0.257 e. The molecule has 0 saturated carbocycles. The maximum absolute atomic E-state index is 6.17. The zero-order valence-electron chi connectivity index (χ0n) is 14.7. The summed E-state index contributed by atoms with van der Waals surface area (Å²) in [5, 5.41) is 13.5. The number of aromatic nitrogens is 5. The third-order valence-corrected chi connectivity index (χ3v) is 5.09. The van der Waals surface area contributed by atoms with Crippen LogP contribution in [0, 0.1) is 0 Å². The maximum atomic E-state index is 6.17. The van der Waals surface area contributed by atoms with Crippen molar-refractivity contribution < 1.29 is 9.26 Å². The number of methoxy groups -OCH3 is 1. The Morgan fingerprint density at radius 2 is 1.93 bits per heavy atom. The summed E-state index contributed by atoms with van der Waals surface area (Å²) in [5.74, 6) is 8.73. The summed E-state index contributed by atoms with van der Waals surface area (Å²) in [6, 6.07) is 14.7. The Morgan fingerprint density at radius 1 is 1.14 bits per heavy atom. The van der Waals surface area contributed by atoms with Gasteiger partial charge in [0.05, 0.1) is 18.4 Å². The van der Waals surface area contributed by atoms with Crippen molar-refractivity contribution in [2.24, 2.45) is 0 Å². The summed E-state index contributed by atoms with van der Waals surface area (Å²) >= 11 is 7.25. The summed E-state index contributed by atoms with van der Waals surface area (Å²) in [4.78, 5) is 4.39. The van der Waals surface area contributed by atoms with Gasteiger partial charge in [0.2, 0.25) is 5.16 Å². The topological polar surface area (TPSA) is 105 Å². The summed E-state index contributed by atoms with van der Waals surface area (Å²) in [7, 11) is 1.60. The van der Waals surface area contributed by atoms with Crippen LogP contribution in [-0.2, 0) is 5.75 Å². The largest absolute Gasteiger partial charge is 0.496 e. The zero-order valence-corrected chi connectivity index (χ0v) is 16.3. The van der Waals surface area contributed by atoms with Crippen molar-refractivity contribution in [2.45, 2.75) is 10.9 Å². The minimum Gasteiger partial charge on any atom is -0.496 e. The quantitative estimate of drug-likeness (QED) is 0.376. The number of nitrogen functional groups attached to an aromatic ring is 1. The molecular formula is C18H15ClN6O2S. The van der Waals surface area contributed by atoms with Crippen molar-refractivity contribution in [3.05, 3.63) is 59.4 Å². The summed E-state index contributed by atoms with van der Waals surface area (Å²) in [6.45, 7) is 0. The van der Waals surface area contributed by atoms with Gasteiger partial charge in [0.1, 0.15) is 5.75 Å². The SMILES string of the molecule is COc1ccccc1-c1nnc(SCc2noc(-c3ccc(Cl)cc3)n2)n1N. The standard InChI is InChI=1S/C18H15ClN6O2S/c1-26-14-5-3-2-4-13(14)16-22-23-18(25(16)20)28-10-15-21-17(27-24-15)11-6-8-12(19)9-7-11/h2-9H,10,20H2,1H3. The fourth-order valence-corrected chi connectivity index (χ4v) is 3.37. The van der Waals surface area contributed by atoms with Crippen molar-refractivity contribution in [3.63, 3.8) is 0 Å². The molecule has 0 aliphatic heterocycles. The monoisotopic (exact) mass is 414 g/mol. The van der Waals surface area contributed by atoms with E-state index < -0.39 is 0 Å². The summed E-state index contributed by atoms with van der Waals surface area (Å²) < 4.78 is 12.1. The van der Waals surface area contributed by atoms with E-state index in [1.54, 1.807) is 19.2 Å². The van der Waals surface area contributed by atoms with Gasteiger partial charge in [-0.3, -0.25) is 0 Å². The lowest BCUT2D eigenvalue weighted by Gasteiger charge is -2.07. The predicted molar refractivity (Wildman–Crippen MR) is 106 cm³/mol. The first-order valence-corrected chi connectivity index (χ1v) is 9.57. The van der Waals surface area contributed by atoms with Crippen molar-refractivity contribution in [2.75, 3.05) is 13.0 Å². The molecule has 4 rings (SSSR count). The summed E-state index contributed by atoms with van der Waals surface area (Å²) in [5.41, 5.74) is 1.56. The lowest BCUT2D eigenvalue weighted by Crippen LogP contribution is -2.12. The van der Waals surface area contributed by atoms with Gasteiger partial charge in [0, 0.05) is 10.6 Å². The third-order valence-electron chi connectivity index (χ3n) is 3.90. The van der Waals surface area contributed by atoms with E-state index in [9.17, 15) is 0 Å². The molecule has 0 fully saturated rings. The second kappa shape index (κ2) is 7.91. The summed E-state index contributed by atoms with van der Waals surface area (Å²) in [6.07, 6.45) is 0. The Bertz CT molecular complexity index is 1100. The fourth-order valence-electron chi connectivity index (χ4n) is 2.54. The minimum atomic E-state index is 0.427. The number of nitrogens with two attached hydrogens (primary N) is 1. The molecule has 0 radical (unpaired) electrons. The van der Waals surface area contributed by atoms with Gasteiger partial charge in [-0.25, -0.2) is 4.68 Å². The number of thioether (sulfide) groups is 1. The highest BCUT2D eigenvalue weighted by atomic mass is 35.5. The molecule has 8 nitrogen and oxygen atoms in total. The molecule has 0 bridgehead atoms. The number of benzene rings is 2. The number of para-hydroxylation sites is 1. The lowest BCUT2D eigenvalue weighted by molar-refractivity contribution is 0.416. The van der Waals surface area contributed by atoms with Crippen LogP contribution in [0.5, 0.6) is 5.75 Å². The van der Waals surface area contributed by atoms with Gasteiger partial charge in [-0.2, -0.15) is 4.98 Å². The highest BCUT2D eigenvalue weighted by Crippen LogP contribution is 2.30. The van der Waals surface area contributed by atoms with Crippen LogP contribution < -0.4 is 10.6 Å². The van der Waals surface area contributed by atoms with Gasteiger partial charge >= 0.3 is 0 Å². The zero-order chi connectivity index (χ0) is 19.5. The highest BCUT2D eigenvalue weighted by Gasteiger charge is 2.17. The van der Waals surface area contributed by atoms with Gasteiger partial charge in [-0.05, 0) is 36.4 Å². The van der Waals surface area contributed by atoms with Crippen LogP contribution >= 0.6 is 23.4 Å². The predicted octanol–water partition coefficient (Wildman–Crippen LogP) is 3.66. The molecule has 2 aromatic carbocycles. The van der Waals surface area contributed by atoms with Gasteiger partial charge in [-0.1, -0.05) is 40.7 Å². The lowest BCUT2D eigenvalue weighted by atomic mass is 10.2. The Labute approximate surface area is 169 Å². The molecule has 142 valence electrons. The van der Waals surface area contributed by atoms with Gasteiger partial charge in [0.25, 0.3) is 5.89 Å². The van der Waals surface area contributed by atoms with Crippen molar-refractivity contribution in [1.82, 2.24) is 25.0 Å². The molecular weight excluding hydrogens is 400 g/mol. The number of hydrogen-bond acceptors (Lipinski definition) is 8. The van der Waals surface area contributed by atoms with E-state index >= 15 is 0 Å². The molecule has 0 unspecified atom stereocenters. The van der Waals surface area contributed by atoms with E-state index in [1.165, 1.54) is 16.4 Å². The van der Waals surface area contributed by atoms with Crippen molar-refractivity contribution in [1.29, 1.82) is 0 Å². The fraction of sp³-hybridized carbons (Fsp3) is 0.111. The first-order chi connectivity index (χ1) is 13.7. The average molecular weight is 415 g/mol. The second-order valence-electron chi connectivity index (χ2n) is 5.69. The molecule has 0 amide bonds. The number of ether oxygens (including phenoxy) is 1. The van der Waals surface area contributed by atoms with E-state index in [0.717, 1.165) is 11.1 Å². The van der Waals surface area contributed by atoms with Gasteiger partial charge in [-0.15, -0.1) is 10.2 Å². The van der Waals surface area contributed by atoms with E-state index in [1.807, 2.05) is 36.4 Å². The molecule has 0 aliphatic rings. The molecule has 4 aromatic rings. The van der Waals surface area contributed by atoms with Crippen LogP contribution in [-0.4, -0.2) is 32.1 Å². The van der Waals surface area contributed by atoms with E-state index in [0.29, 0.717) is 39.2 Å². The first kappa shape index (κ1) is 18.3. The van der Waals surface area contributed by atoms with Crippen LogP contribution in [0.4, 0.5) is 0 Å². The molecule has 2 N–H and O–H groups in total. The molecule has 2 aromatic heterocycles. The smallest absolute Gasteiger partial charge is 0.257 e. The Kier molecular flexibility index (Phi) is 5.18. The molecule has 28 heavy (non-hydrogen) atoms. The Hall–Kier alpha value is -3.04. The Morgan fingerprint density at radius 3 is 2.71 bits per heavy atom. The molecule has 0 atom stereocenters. The number of nitrogens with zero attached hydrogens (tertiary/aromatic N) is 5. The number of rotatable bonds is 6. The Balaban J connectivity index is 1.49. The van der Waals surface area contributed by atoms with Crippen LogP contribution in [0.25, 0.3) is 22.8 Å².